The smallest absolute Gasteiger partial charge is 0.0120 e. The van der Waals surface area contributed by atoms with Crippen molar-refractivity contribution in [1.82, 2.24) is 0 Å². The molecule has 0 saturated heterocycles. The monoisotopic (exact) mass is 264 g/mol. The number of benzene rings is 2. The minimum atomic E-state index is 1.13. The summed E-state index contributed by atoms with van der Waals surface area (Å²) in [6, 6.07) is 9.05. The summed E-state index contributed by atoms with van der Waals surface area (Å²) in [4.78, 5) is 0. The fourth-order valence-electron chi connectivity index (χ4n) is 3.18. The molecule has 0 aromatic heterocycles. The molecule has 0 aliphatic carbocycles. The molecule has 0 unspecified atom stereocenters. The Hall–Kier alpha value is -1.82. The van der Waals surface area contributed by atoms with E-state index in [0.29, 0.717) is 0 Å². The Morgan fingerprint density at radius 1 is 0.700 bits per heavy atom. The van der Waals surface area contributed by atoms with Gasteiger partial charge in [0, 0.05) is 0 Å². The van der Waals surface area contributed by atoms with Crippen molar-refractivity contribution in [3.05, 3.63) is 64.2 Å². The third-order valence-electron chi connectivity index (χ3n) is 3.95. The lowest BCUT2D eigenvalue weighted by molar-refractivity contribution is 1.28. The molecule has 0 N–H and O–H groups in total. The average molecular weight is 264 g/mol. The van der Waals surface area contributed by atoms with Gasteiger partial charge in [0.05, 0.1) is 0 Å². The van der Waals surface area contributed by atoms with Crippen molar-refractivity contribution in [1.29, 1.82) is 0 Å². The standard InChI is InChI=1S/C20H24/c1-12(2)18-10-16(6)20(17(7)11-18)19-14(4)8-13(3)9-15(19)5/h8-11H,1H2,2-7H3. The SMILES string of the molecule is C=C(C)c1cc(C)c(-c2c(C)cc(C)cc2C)c(C)c1. The van der Waals surface area contributed by atoms with Crippen LogP contribution in [0.3, 0.4) is 0 Å². The third kappa shape index (κ3) is 2.56. The van der Waals surface area contributed by atoms with Crippen molar-refractivity contribution in [3.63, 3.8) is 0 Å². The molecule has 0 amide bonds. The Bertz CT molecular complexity index is 641. The van der Waals surface area contributed by atoms with E-state index in [2.05, 4.69) is 72.4 Å². The molecule has 0 aliphatic rings. The predicted molar refractivity (Wildman–Crippen MR) is 90.3 cm³/mol. The first-order chi connectivity index (χ1) is 9.31. The summed E-state index contributed by atoms with van der Waals surface area (Å²) < 4.78 is 0. The molecule has 0 aliphatic heterocycles. The summed E-state index contributed by atoms with van der Waals surface area (Å²) in [5, 5.41) is 0. The molecule has 2 rings (SSSR count). The molecule has 2 aromatic rings. The second-order valence-electron chi connectivity index (χ2n) is 6.04. The number of aryl methyl sites for hydroxylation is 5. The van der Waals surface area contributed by atoms with Gasteiger partial charge in [-0.25, -0.2) is 0 Å². The van der Waals surface area contributed by atoms with Crippen LogP contribution in [0.5, 0.6) is 0 Å². The van der Waals surface area contributed by atoms with Gasteiger partial charge in [-0.05, 0) is 80.5 Å². The van der Waals surface area contributed by atoms with E-state index in [1.807, 2.05) is 0 Å². The molecular formula is C20H24. The maximum absolute atomic E-state index is 4.06. The molecule has 104 valence electrons. The van der Waals surface area contributed by atoms with Gasteiger partial charge in [-0.1, -0.05) is 42.0 Å². The van der Waals surface area contributed by atoms with E-state index in [1.165, 1.54) is 44.5 Å². The molecule has 0 atom stereocenters. The van der Waals surface area contributed by atoms with E-state index < -0.39 is 0 Å². The molecule has 0 spiro atoms. The summed E-state index contributed by atoms with van der Waals surface area (Å²) in [5.41, 5.74) is 11.8. The van der Waals surface area contributed by atoms with E-state index in [9.17, 15) is 0 Å². The van der Waals surface area contributed by atoms with Gasteiger partial charge in [0.2, 0.25) is 0 Å². The highest BCUT2D eigenvalue weighted by Crippen LogP contribution is 2.35. The molecule has 0 heteroatoms. The molecule has 2 aromatic carbocycles. The molecule has 0 saturated carbocycles. The molecule has 0 bridgehead atoms. The van der Waals surface area contributed by atoms with Crippen molar-refractivity contribution < 1.29 is 0 Å². The van der Waals surface area contributed by atoms with Crippen LogP contribution >= 0.6 is 0 Å². The molecular weight excluding hydrogens is 240 g/mol. The quantitative estimate of drug-likeness (QED) is 0.630. The first kappa shape index (κ1) is 14.6. The summed E-state index contributed by atoms with van der Waals surface area (Å²) in [7, 11) is 0. The van der Waals surface area contributed by atoms with Crippen molar-refractivity contribution in [2.45, 2.75) is 41.5 Å². The fraction of sp³-hybridized carbons (Fsp3) is 0.300. The van der Waals surface area contributed by atoms with Gasteiger partial charge in [-0.3, -0.25) is 0 Å². The van der Waals surface area contributed by atoms with Crippen LogP contribution in [0.25, 0.3) is 16.7 Å². The Morgan fingerprint density at radius 3 is 1.40 bits per heavy atom. The number of hydrogen-bond acceptors (Lipinski definition) is 0. The lowest BCUT2D eigenvalue weighted by Gasteiger charge is -2.18. The van der Waals surface area contributed by atoms with Crippen molar-refractivity contribution >= 4 is 5.57 Å². The maximum Gasteiger partial charge on any atom is -0.0120 e. The van der Waals surface area contributed by atoms with E-state index in [0.717, 1.165) is 5.57 Å². The van der Waals surface area contributed by atoms with E-state index in [4.69, 9.17) is 0 Å². The summed E-state index contributed by atoms with van der Waals surface area (Å²) >= 11 is 0. The normalized spacial score (nSPS) is 10.7. The van der Waals surface area contributed by atoms with Gasteiger partial charge in [0.25, 0.3) is 0 Å². The predicted octanol–water partition coefficient (Wildman–Crippen LogP) is 5.93. The van der Waals surface area contributed by atoms with Crippen LogP contribution in [0.15, 0.2) is 30.8 Å². The third-order valence-corrected chi connectivity index (χ3v) is 3.95. The van der Waals surface area contributed by atoms with Crippen LogP contribution < -0.4 is 0 Å². The zero-order valence-electron chi connectivity index (χ0n) is 13.5. The Balaban J connectivity index is 2.74. The van der Waals surface area contributed by atoms with Gasteiger partial charge < -0.3 is 0 Å². The highest BCUT2D eigenvalue weighted by atomic mass is 14.2. The van der Waals surface area contributed by atoms with Gasteiger partial charge in [-0.15, -0.1) is 0 Å². The minimum absolute atomic E-state index is 1.13. The Labute approximate surface area is 123 Å². The first-order valence-electron chi connectivity index (χ1n) is 7.16. The zero-order chi connectivity index (χ0) is 15.0. The largest absolute Gasteiger partial charge is 0.0955 e. The first-order valence-corrected chi connectivity index (χ1v) is 7.16. The van der Waals surface area contributed by atoms with Gasteiger partial charge in [-0.2, -0.15) is 0 Å². The van der Waals surface area contributed by atoms with Crippen molar-refractivity contribution in [3.8, 4) is 11.1 Å². The van der Waals surface area contributed by atoms with Crippen LogP contribution in [0.2, 0.25) is 0 Å². The lowest BCUT2D eigenvalue weighted by atomic mass is 9.87. The van der Waals surface area contributed by atoms with E-state index in [-0.39, 0.29) is 0 Å². The molecule has 20 heavy (non-hydrogen) atoms. The van der Waals surface area contributed by atoms with Crippen molar-refractivity contribution in [2.24, 2.45) is 0 Å². The Morgan fingerprint density at radius 2 is 1.05 bits per heavy atom. The van der Waals surface area contributed by atoms with E-state index >= 15 is 0 Å². The zero-order valence-corrected chi connectivity index (χ0v) is 13.5. The number of allylic oxidation sites excluding steroid dienone is 1. The van der Waals surface area contributed by atoms with Crippen LogP contribution in [-0.2, 0) is 0 Å². The number of hydrogen-bond donors (Lipinski definition) is 0. The topological polar surface area (TPSA) is 0 Å². The summed E-state index contributed by atoms with van der Waals surface area (Å²) in [5.74, 6) is 0. The van der Waals surface area contributed by atoms with Gasteiger partial charge >= 0.3 is 0 Å². The molecule has 0 heterocycles. The van der Waals surface area contributed by atoms with Gasteiger partial charge in [0.1, 0.15) is 0 Å². The molecule has 0 fully saturated rings. The highest BCUT2D eigenvalue weighted by molar-refractivity contribution is 5.79. The van der Waals surface area contributed by atoms with Gasteiger partial charge in [0.15, 0.2) is 0 Å². The van der Waals surface area contributed by atoms with Crippen LogP contribution in [0.4, 0.5) is 0 Å². The van der Waals surface area contributed by atoms with Crippen LogP contribution in [0.1, 0.15) is 40.3 Å². The molecule has 0 radical (unpaired) electrons. The molecule has 0 nitrogen and oxygen atoms in total. The fourth-order valence-corrected chi connectivity index (χ4v) is 3.18. The van der Waals surface area contributed by atoms with E-state index in [1.54, 1.807) is 0 Å². The second-order valence-corrected chi connectivity index (χ2v) is 6.04. The van der Waals surface area contributed by atoms with Crippen molar-refractivity contribution in [2.75, 3.05) is 0 Å². The minimum Gasteiger partial charge on any atom is -0.0955 e. The number of rotatable bonds is 2. The highest BCUT2D eigenvalue weighted by Gasteiger charge is 2.13. The average Bonchev–Trinajstić information content (AvgIpc) is 2.30. The van der Waals surface area contributed by atoms with Crippen LogP contribution in [0, 0.1) is 34.6 Å². The lowest BCUT2D eigenvalue weighted by Crippen LogP contribution is -1.96. The summed E-state index contributed by atoms with van der Waals surface area (Å²) in [6.07, 6.45) is 0. The van der Waals surface area contributed by atoms with Crippen LogP contribution in [-0.4, -0.2) is 0 Å². The summed E-state index contributed by atoms with van der Waals surface area (Å²) in [6.45, 7) is 17.1. The second kappa shape index (κ2) is 5.28. The maximum atomic E-state index is 4.06. The Kier molecular flexibility index (Phi) is 3.85.